The molecule has 4 heteroatoms. The van der Waals surface area contributed by atoms with E-state index in [0.29, 0.717) is 12.2 Å². The molecule has 2 N–H and O–H groups in total. The molecule has 3 heterocycles. The first-order valence-corrected chi connectivity index (χ1v) is 29.8. The molecule has 10 fully saturated rings. The summed E-state index contributed by atoms with van der Waals surface area (Å²) in [4.78, 5) is 3.33. The molecule has 62 heavy (non-hydrogen) atoms. The number of nitrogens with one attached hydrogen (secondary N) is 2. The van der Waals surface area contributed by atoms with Gasteiger partial charge in [-0.3, -0.25) is 15.5 Å². The fourth-order valence-corrected chi connectivity index (χ4v) is 21.9. The molecule has 0 amide bonds. The largest absolute Gasteiger partial charge is 0.299 e. The van der Waals surface area contributed by atoms with Crippen LogP contribution in [0, 0.1) is 82.9 Å². The van der Waals surface area contributed by atoms with Gasteiger partial charge in [0.25, 0.3) is 0 Å². The maximum Gasteiger partial charge on any atom is 0.0607 e. The highest BCUT2D eigenvalue weighted by atomic mass is 32.2. The van der Waals surface area contributed by atoms with Crippen LogP contribution in [-0.4, -0.2) is 51.8 Å². The Morgan fingerprint density at radius 3 is 2.05 bits per heavy atom. The molecule has 0 aromatic rings. The fourth-order valence-electron chi connectivity index (χ4n) is 20.0. The van der Waals surface area contributed by atoms with Gasteiger partial charge in [0.05, 0.1) is 6.17 Å². The van der Waals surface area contributed by atoms with Crippen molar-refractivity contribution in [2.24, 2.45) is 82.9 Å². The number of hydrogen-bond donors (Lipinski definition) is 2. The molecular formula is C58H93N3S. The molecule has 0 radical (unpaired) electrons. The minimum atomic E-state index is 0.553. The van der Waals surface area contributed by atoms with Crippen molar-refractivity contribution in [3.63, 3.8) is 0 Å². The van der Waals surface area contributed by atoms with Gasteiger partial charge in [0.2, 0.25) is 0 Å². The van der Waals surface area contributed by atoms with E-state index in [0.717, 1.165) is 118 Å². The Labute approximate surface area is 385 Å². The van der Waals surface area contributed by atoms with Crippen molar-refractivity contribution in [1.29, 1.82) is 0 Å². The molecule has 3 saturated heterocycles. The highest BCUT2D eigenvalue weighted by Crippen LogP contribution is 2.59. The second-order valence-corrected chi connectivity index (χ2v) is 27.1. The number of rotatable bonds is 6. The van der Waals surface area contributed by atoms with Gasteiger partial charge in [-0.1, -0.05) is 63.3 Å². The van der Waals surface area contributed by atoms with Crippen LogP contribution in [-0.2, 0) is 0 Å². The van der Waals surface area contributed by atoms with Crippen molar-refractivity contribution in [2.45, 2.75) is 253 Å². The van der Waals surface area contributed by atoms with E-state index in [4.69, 9.17) is 0 Å². The Kier molecular flexibility index (Phi) is 12.9. The van der Waals surface area contributed by atoms with Crippen LogP contribution in [0.15, 0.2) is 23.8 Å². The smallest absolute Gasteiger partial charge is 0.0607 e. The fraction of sp³-hybridized carbons (Fsp3) is 0.931. The van der Waals surface area contributed by atoms with Crippen LogP contribution < -0.4 is 10.6 Å². The van der Waals surface area contributed by atoms with E-state index < -0.39 is 0 Å². The number of thioether (sulfide) groups is 1. The zero-order chi connectivity index (χ0) is 41.3. The van der Waals surface area contributed by atoms with E-state index in [1.54, 1.807) is 76.2 Å². The van der Waals surface area contributed by atoms with Crippen LogP contribution in [0.1, 0.15) is 206 Å². The summed E-state index contributed by atoms with van der Waals surface area (Å²) in [5, 5.41) is 10.5. The zero-order valence-electron chi connectivity index (χ0n) is 40.0. The van der Waals surface area contributed by atoms with E-state index in [1.807, 2.05) is 0 Å². The Balaban J connectivity index is 0.634. The SMILES string of the molecule is CC1C=C(C2NC(C3CCC(C4CCC(N5C6CCCCC6C6CC(C7CCC(C8CCC9SC%10C=CCCC%10C9C8)CC7C)CCC65)CC4)CC3)NC3CCCCC32)CCC1. The first kappa shape index (κ1) is 43.0. The summed E-state index contributed by atoms with van der Waals surface area (Å²) in [6, 6.07) is 4.21. The lowest BCUT2D eigenvalue weighted by molar-refractivity contribution is 0.0180. The number of hydrogen-bond acceptors (Lipinski definition) is 4. The standard InChI is InChI=1S/C58H93N3S/c1-36-10-9-11-44(32-36)57-49-14-3-6-15-52(49)59-58(60-57)40-20-18-38(19-21-40)39-22-27-45(28-23-39)61-53-16-7-4-12-47(53)50-35-43(25-30-54(50)61)46-29-24-41(33-37(46)2)42-26-31-56-51(34-42)48-13-5-8-17-55(48)62-56/h8,17,32,36-43,45-60H,3-7,9-16,18-31,33-35H2,1-2H3. The van der Waals surface area contributed by atoms with Crippen molar-refractivity contribution in [3.8, 4) is 0 Å². The molecule has 3 aliphatic heterocycles. The monoisotopic (exact) mass is 864 g/mol. The summed E-state index contributed by atoms with van der Waals surface area (Å²) in [5.74, 6) is 13.8. The second-order valence-electron chi connectivity index (χ2n) is 25.7. The van der Waals surface area contributed by atoms with E-state index in [2.05, 4.69) is 59.4 Å². The van der Waals surface area contributed by atoms with Gasteiger partial charge in [-0.2, -0.15) is 11.8 Å². The van der Waals surface area contributed by atoms with Crippen LogP contribution in [0.25, 0.3) is 0 Å². The van der Waals surface area contributed by atoms with Crippen LogP contribution in [0.5, 0.6) is 0 Å². The van der Waals surface area contributed by atoms with Gasteiger partial charge in [0, 0.05) is 40.7 Å². The molecule has 0 aromatic heterocycles. The van der Waals surface area contributed by atoms with Crippen LogP contribution in [0.2, 0.25) is 0 Å². The van der Waals surface area contributed by atoms with Crippen LogP contribution in [0.4, 0.5) is 0 Å². The topological polar surface area (TPSA) is 27.3 Å². The Hall–Kier alpha value is -0.290. The number of fused-ring (bicyclic) bond motifs is 7. The number of allylic oxidation sites excluding steroid dienone is 2. The van der Waals surface area contributed by atoms with Crippen molar-refractivity contribution in [3.05, 3.63) is 23.8 Å². The normalized spacial score (nSPS) is 53.4. The lowest BCUT2D eigenvalue weighted by Crippen LogP contribution is -2.66. The second kappa shape index (κ2) is 18.7. The van der Waals surface area contributed by atoms with Gasteiger partial charge < -0.3 is 0 Å². The first-order valence-electron chi connectivity index (χ1n) is 28.8. The molecule has 12 rings (SSSR count). The molecule has 9 aliphatic carbocycles. The average Bonchev–Trinajstić information content (AvgIpc) is 3.86. The summed E-state index contributed by atoms with van der Waals surface area (Å²) >= 11 is 2.39. The molecule has 346 valence electrons. The van der Waals surface area contributed by atoms with Crippen molar-refractivity contribution in [1.82, 2.24) is 15.5 Å². The summed E-state index contributed by atoms with van der Waals surface area (Å²) in [5.41, 5.74) is 1.80. The molecule has 0 aromatic carbocycles. The quantitative estimate of drug-likeness (QED) is 0.260. The maximum atomic E-state index is 4.35. The lowest BCUT2D eigenvalue weighted by Gasteiger charge is -2.51. The third-order valence-corrected chi connectivity index (χ3v) is 24.6. The lowest BCUT2D eigenvalue weighted by atomic mass is 9.59. The molecule has 12 aliphatic rings. The van der Waals surface area contributed by atoms with Gasteiger partial charge in [-0.15, -0.1) is 0 Å². The highest BCUT2D eigenvalue weighted by molar-refractivity contribution is 8.01. The molecule has 18 atom stereocenters. The first-order chi connectivity index (χ1) is 30.5. The highest BCUT2D eigenvalue weighted by Gasteiger charge is 2.55. The van der Waals surface area contributed by atoms with Gasteiger partial charge in [0.1, 0.15) is 0 Å². The molecule has 3 nitrogen and oxygen atoms in total. The summed E-state index contributed by atoms with van der Waals surface area (Å²) in [6.07, 6.45) is 53.6. The molecule has 0 bridgehead atoms. The van der Waals surface area contributed by atoms with Gasteiger partial charge in [-0.25, -0.2) is 0 Å². The number of nitrogens with zero attached hydrogens (tertiary/aromatic N) is 1. The van der Waals surface area contributed by atoms with E-state index in [-0.39, 0.29) is 0 Å². The average molecular weight is 864 g/mol. The molecular weight excluding hydrogens is 771 g/mol. The zero-order valence-corrected chi connectivity index (χ0v) is 40.8. The van der Waals surface area contributed by atoms with Gasteiger partial charge in [0.15, 0.2) is 0 Å². The molecule has 7 saturated carbocycles. The third-order valence-electron chi connectivity index (χ3n) is 22.9. The van der Waals surface area contributed by atoms with Crippen molar-refractivity contribution in [2.75, 3.05) is 0 Å². The van der Waals surface area contributed by atoms with Crippen LogP contribution >= 0.6 is 11.8 Å². The maximum absolute atomic E-state index is 4.35. The predicted molar refractivity (Wildman–Crippen MR) is 262 cm³/mol. The van der Waals surface area contributed by atoms with E-state index >= 15 is 0 Å². The van der Waals surface area contributed by atoms with Crippen molar-refractivity contribution < 1.29 is 0 Å². The Morgan fingerprint density at radius 2 is 1.21 bits per heavy atom. The van der Waals surface area contributed by atoms with Crippen LogP contribution in [0.3, 0.4) is 0 Å². The van der Waals surface area contributed by atoms with Gasteiger partial charge >= 0.3 is 0 Å². The Morgan fingerprint density at radius 1 is 0.516 bits per heavy atom. The Bertz CT molecular complexity index is 1570. The minimum Gasteiger partial charge on any atom is -0.299 e. The minimum absolute atomic E-state index is 0.553. The van der Waals surface area contributed by atoms with Crippen molar-refractivity contribution >= 4 is 11.8 Å². The summed E-state index contributed by atoms with van der Waals surface area (Å²) < 4.78 is 0. The summed E-state index contributed by atoms with van der Waals surface area (Å²) in [6.45, 7) is 5.22. The molecule has 0 spiro atoms. The number of likely N-dealkylation sites (tertiary alicyclic amines) is 1. The molecule has 18 unspecified atom stereocenters. The van der Waals surface area contributed by atoms with Gasteiger partial charge in [-0.05, 0) is 250 Å². The summed E-state index contributed by atoms with van der Waals surface area (Å²) in [7, 11) is 0. The third kappa shape index (κ3) is 8.27. The van der Waals surface area contributed by atoms with E-state index in [1.165, 1.54) is 122 Å². The van der Waals surface area contributed by atoms with E-state index in [9.17, 15) is 0 Å². The predicted octanol–water partition coefficient (Wildman–Crippen LogP) is 14.1.